The van der Waals surface area contributed by atoms with Gasteiger partial charge in [-0.1, -0.05) is 0 Å². The van der Waals surface area contributed by atoms with Crippen molar-refractivity contribution in [3.8, 4) is 0 Å². The van der Waals surface area contributed by atoms with Gasteiger partial charge in [0.2, 0.25) is 0 Å². The van der Waals surface area contributed by atoms with Gasteiger partial charge in [-0.3, -0.25) is 9.59 Å². The molecular weight excluding hydrogens is 286 g/mol. The lowest BCUT2D eigenvalue weighted by atomic mass is 9.79. The Bertz CT molecular complexity index is 757. The Morgan fingerprint density at radius 1 is 1.13 bits per heavy atom. The number of carbonyl (C=O) groups excluding carboxylic acids is 2. The third-order valence-corrected chi connectivity index (χ3v) is 5.35. The zero-order chi connectivity index (χ0) is 16.0. The van der Waals surface area contributed by atoms with E-state index in [0.717, 1.165) is 37.8 Å². The van der Waals surface area contributed by atoms with Gasteiger partial charge < -0.3 is 4.90 Å². The molecule has 1 heterocycles. The highest BCUT2D eigenvalue weighted by Gasteiger charge is 2.29. The van der Waals surface area contributed by atoms with Crippen LogP contribution in [-0.2, 0) is 11.2 Å². The molecule has 1 atom stereocenters. The maximum Gasteiger partial charge on any atom is 0.159 e. The van der Waals surface area contributed by atoms with Crippen molar-refractivity contribution in [3.05, 3.63) is 52.7 Å². The number of rotatable bonds is 2. The number of hydrogen-bond donors (Lipinski definition) is 0. The van der Waals surface area contributed by atoms with Crippen molar-refractivity contribution in [3.63, 3.8) is 0 Å². The lowest BCUT2D eigenvalue weighted by Gasteiger charge is -2.32. The molecule has 0 spiro atoms. The Hall–Kier alpha value is -2.16. The molecule has 0 radical (unpaired) electrons. The van der Waals surface area contributed by atoms with Gasteiger partial charge in [0.15, 0.2) is 11.6 Å². The molecule has 0 saturated carbocycles. The maximum absolute atomic E-state index is 11.7. The third kappa shape index (κ3) is 2.54. The van der Waals surface area contributed by atoms with Crippen LogP contribution >= 0.6 is 0 Å². The summed E-state index contributed by atoms with van der Waals surface area (Å²) in [6.07, 6.45) is 8.99. The smallest absolute Gasteiger partial charge is 0.159 e. The number of nitrogens with zero attached hydrogens (tertiary/aromatic N) is 1. The Kier molecular flexibility index (Phi) is 3.44. The number of anilines is 1. The zero-order valence-electron chi connectivity index (χ0n) is 13.5. The van der Waals surface area contributed by atoms with Gasteiger partial charge >= 0.3 is 0 Å². The molecule has 0 aromatic heterocycles. The normalized spacial score (nSPS) is 23.1. The van der Waals surface area contributed by atoms with Crippen molar-refractivity contribution in [1.29, 1.82) is 0 Å². The second-order valence-corrected chi connectivity index (χ2v) is 6.82. The minimum absolute atomic E-state index is 0.122. The number of carbonyl (C=O) groups is 2. The quantitative estimate of drug-likeness (QED) is 0.779. The molecule has 0 N–H and O–H groups in total. The Morgan fingerprint density at radius 2 is 1.96 bits per heavy atom. The number of ketones is 2. The molecule has 4 rings (SSSR count). The molecule has 1 unspecified atom stereocenters. The lowest BCUT2D eigenvalue weighted by molar-refractivity contribution is -0.115. The van der Waals surface area contributed by atoms with Crippen LogP contribution in [0.2, 0.25) is 0 Å². The summed E-state index contributed by atoms with van der Waals surface area (Å²) >= 11 is 0. The predicted octanol–water partition coefficient (Wildman–Crippen LogP) is 3.83. The first kappa shape index (κ1) is 14.4. The minimum Gasteiger partial charge on any atom is -0.345 e. The van der Waals surface area contributed by atoms with Gasteiger partial charge in [0.05, 0.1) is 0 Å². The fourth-order valence-corrected chi connectivity index (χ4v) is 4.05. The molecule has 1 aromatic carbocycles. The van der Waals surface area contributed by atoms with Gasteiger partial charge in [0.25, 0.3) is 0 Å². The monoisotopic (exact) mass is 307 g/mol. The van der Waals surface area contributed by atoms with E-state index < -0.39 is 0 Å². The van der Waals surface area contributed by atoms with Crippen LogP contribution in [0.25, 0.3) is 0 Å². The molecule has 3 nitrogen and oxygen atoms in total. The van der Waals surface area contributed by atoms with Gasteiger partial charge in [-0.05, 0) is 80.0 Å². The largest absolute Gasteiger partial charge is 0.345 e. The number of Topliss-reactive ketones (excluding diaryl/α,β-unsaturated/α-hetero) is 1. The highest BCUT2D eigenvalue weighted by atomic mass is 16.1. The van der Waals surface area contributed by atoms with E-state index in [1.165, 1.54) is 22.5 Å². The van der Waals surface area contributed by atoms with Crippen LogP contribution in [-0.4, -0.2) is 18.1 Å². The zero-order valence-corrected chi connectivity index (χ0v) is 13.5. The summed E-state index contributed by atoms with van der Waals surface area (Å²) in [4.78, 5) is 25.6. The van der Waals surface area contributed by atoms with Crippen molar-refractivity contribution < 1.29 is 9.59 Å². The van der Waals surface area contributed by atoms with E-state index in [0.29, 0.717) is 12.3 Å². The van der Waals surface area contributed by atoms with Crippen LogP contribution in [0.3, 0.4) is 0 Å². The van der Waals surface area contributed by atoms with Crippen LogP contribution in [0, 0.1) is 5.92 Å². The molecule has 118 valence electrons. The predicted molar refractivity (Wildman–Crippen MR) is 90.6 cm³/mol. The Balaban J connectivity index is 1.66. The van der Waals surface area contributed by atoms with E-state index in [-0.39, 0.29) is 11.6 Å². The summed E-state index contributed by atoms with van der Waals surface area (Å²) < 4.78 is 0. The third-order valence-electron chi connectivity index (χ3n) is 5.35. The average molecular weight is 307 g/mol. The molecule has 0 amide bonds. The van der Waals surface area contributed by atoms with Gasteiger partial charge in [-0.15, -0.1) is 0 Å². The van der Waals surface area contributed by atoms with E-state index in [9.17, 15) is 9.59 Å². The van der Waals surface area contributed by atoms with E-state index in [1.54, 1.807) is 6.92 Å². The van der Waals surface area contributed by atoms with Crippen molar-refractivity contribution in [1.82, 2.24) is 0 Å². The highest BCUT2D eigenvalue weighted by molar-refractivity contribution is 5.95. The van der Waals surface area contributed by atoms with Crippen LogP contribution < -0.4 is 4.90 Å². The van der Waals surface area contributed by atoms with Gasteiger partial charge in [-0.2, -0.15) is 0 Å². The van der Waals surface area contributed by atoms with E-state index in [1.807, 2.05) is 18.2 Å². The number of benzene rings is 1. The molecule has 1 aromatic rings. The first-order valence-corrected chi connectivity index (χ1v) is 8.48. The van der Waals surface area contributed by atoms with Crippen LogP contribution in [0.15, 0.2) is 41.6 Å². The van der Waals surface area contributed by atoms with Crippen LogP contribution in [0.5, 0.6) is 0 Å². The summed E-state index contributed by atoms with van der Waals surface area (Å²) in [5.41, 5.74) is 5.81. The summed E-state index contributed by atoms with van der Waals surface area (Å²) in [6.45, 7) is 2.58. The summed E-state index contributed by atoms with van der Waals surface area (Å²) in [5, 5.41) is 0. The van der Waals surface area contributed by atoms with Crippen molar-refractivity contribution in [2.45, 2.75) is 39.0 Å². The summed E-state index contributed by atoms with van der Waals surface area (Å²) in [6, 6.07) is 6.04. The average Bonchev–Trinajstić information content (AvgIpc) is 2.97. The van der Waals surface area contributed by atoms with Gasteiger partial charge in [0, 0.05) is 29.9 Å². The van der Waals surface area contributed by atoms with E-state index in [2.05, 4.69) is 17.0 Å². The van der Waals surface area contributed by atoms with Crippen molar-refractivity contribution in [2.24, 2.45) is 5.92 Å². The van der Waals surface area contributed by atoms with Crippen molar-refractivity contribution >= 4 is 17.3 Å². The molecule has 2 aliphatic carbocycles. The van der Waals surface area contributed by atoms with Crippen LogP contribution in [0.1, 0.15) is 48.5 Å². The standard InChI is InChI=1S/C20H21NO2/c1-13(22)15-4-7-20-16(10-15)8-9-21(20)18-5-2-14-3-6-19(23)12-17(14)11-18/h4,7,10-12,14H,2-3,5-6,8-9H2,1H3. The molecule has 0 saturated heterocycles. The van der Waals surface area contributed by atoms with Gasteiger partial charge in [0.1, 0.15) is 0 Å². The van der Waals surface area contributed by atoms with Gasteiger partial charge in [-0.25, -0.2) is 0 Å². The van der Waals surface area contributed by atoms with E-state index in [4.69, 9.17) is 0 Å². The summed E-state index contributed by atoms with van der Waals surface area (Å²) in [7, 11) is 0. The first-order chi connectivity index (χ1) is 11.1. The topological polar surface area (TPSA) is 37.4 Å². The maximum atomic E-state index is 11.7. The molecule has 1 aliphatic heterocycles. The number of fused-ring (bicyclic) bond motifs is 2. The fourth-order valence-electron chi connectivity index (χ4n) is 4.05. The highest BCUT2D eigenvalue weighted by Crippen LogP contribution is 2.39. The Labute approximate surface area is 136 Å². The molecule has 3 aliphatic rings. The second-order valence-electron chi connectivity index (χ2n) is 6.82. The first-order valence-electron chi connectivity index (χ1n) is 8.48. The summed E-state index contributed by atoms with van der Waals surface area (Å²) in [5.74, 6) is 0.956. The SMILES string of the molecule is CC(=O)c1ccc2c(c1)CCN2C1=CC2=CC(=O)CCC2CC1. The van der Waals surface area contributed by atoms with Crippen molar-refractivity contribution in [2.75, 3.05) is 11.4 Å². The molecule has 0 fully saturated rings. The molecule has 23 heavy (non-hydrogen) atoms. The minimum atomic E-state index is 0.122. The number of hydrogen-bond acceptors (Lipinski definition) is 3. The fraction of sp³-hybridized carbons (Fsp3) is 0.400. The molecule has 0 bridgehead atoms. The van der Waals surface area contributed by atoms with Crippen LogP contribution in [0.4, 0.5) is 5.69 Å². The second kappa shape index (κ2) is 5.48. The number of allylic oxidation sites excluding steroid dienone is 4. The Morgan fingerprint density at radius 3 is 2.78 bits per heavy atom. The van der Waals surface area contributed by atoms with E-state index >= 15 is 0 Å². The lowest BCUT2D eigenvalue weighted by Crippen LogP contribution is -2.25. The molecule has 3 heteroatoms. The molecular formula is C20H21NO2.